The molecular weight excluding hydrogens is 273 g/mol. The Morgan fingerprint density at radius 1 is 1.33 bits per heavy atom. The van der Waals surface area contributed by atoms with E-state index in [1.807, 2.05) is 20.8 Å². The molecule has 0 atom stereocenters. The van der Waals surface area contributed by atoms with Crippen LogP contribution >= 0.6 is 0 Å². The Labute approximate surface area is 102 Å². The van der Waals surface area contributed by atoms with Crippen molar-refractivity contribution >= 4 is 10.1 Å². The molecule has 0 aliphatic rings. The summed E-state index contributed by atoms with van der Waals surface area (Å²) in [5, 5.41) is 5.80. The number of H-pyrrole nitrogens is 1. The van der Waals surface area contributed by atoms with Crippen LogP contribution in [-0.2, 0) is 16.5 Å². The molecule has 0 aliphatic carbocycles. The SMILES string of the molecule is CC(C)(C)Cc1cc(OS(=O)(=O)C(F)(F)F)n[nH]1. The van der Waals surface area contributed by atoms with Crippen LogP contribution in [0.2, 0.25) is 0 Å². The van der Waals surface area contributed by atoms with Gasteiger partial charge in [-0.05, 0) is 11.8 Å². The van der Waals surface area contributed by atoms with Crippen LogP contribution in [0.1, 0.15) is 26.5 Å². The molecule has 0 saturated carbocycles. The summed E-state index contributed by atoms with van der Waals surface area (Å²) in [6, 6.07) is 1.13. The highest BCUT2D eigenvalue weighted by atomic mass is 32.2. The van der Waals surface area contributed by atoms with Gasteiger partial charge in [-0.2, -0.15) is 21.6 Å². The third-order valence-electron chi connectivity index (χ3n) is 1.81. The Bertz CT molecular complexity index is 514. The minimum Gasteiger partial charge on any atom is -0.354 e. The highest BCUT2D eigenvalue weighted by Gasteiger charge is 2.49. The van der Waals surface area contributed by atoms with Crippen LogP contribution < -0.4 is 4.18 Å². The fourth-order valence-corrected chi connectivity index (χ4v) is 1.61. The van der Waals surface area contributed by atoms with Crippen molar-refractivity contribution in [2.24, 2.45) is 5.41 Å². The normalized spacial score (nSPS) is 13.7. The van der Waals surface area contributed by atoms with Crippen molar-refractivity contribution < 1.29 is 25.8 Å². The fourth-order valence-electron chi connectivity index (χ4n) is 1.20. The quantitative estimate of drug-likeness (QED) is 0.683. The van der Waals surface area contributed by atoms with Crippen molar-refractivity contribution in [3.8, 4) is 5.88 Å². The first kappa shape index (κ1) is 14.8. The average Bonchev–Trinajstić information content (AvgIpc) is 2.45. The molecule has 0 amide bonds. The molecule has 0 saturated heterocycles. The first-order chi connectivity index (χ1) is 7.91. The molecule has 0 bridgehead atoms. The molecule has 0 fully saturated rings. The van der Waals surface area contributed by atoms with Gasteiger partial charge >= 0.3 is 15.6 Å². The number of aromatic nitrogens is 2. The number of halogens is 3. The molecular formula is C9H13F3N2O3S. The van der Waals surface area contributed by atoms with E-state index in [9.17, 15) is 21.6 Å². The zero-order valence-electron chi connectivity index (χ0n) is 10.00. The summed E-state index contributed by atoms with van der Waals surface area (Å²) in [7, 11) is -5.66. The third kappa shape index (κ3) is 3.90. The van der Waals surface area contributed by atoms with Gasteiger partial charge in [0.1, 0.15) is 0 Å². The largest absolute Gasteiger partial charge is 0.534 e. The maximum atomic E-state index is 12.0. The summed E-state index contributed by atoms with van der Waals surface area (Å²) >= 11 is 0. The molecule has 0 unspecified atom stereocenters. The highest BCUT2D eigenvalue weighted by molar-refractivity contribution is 7.87. The van der Waals surface area contributed by atoms with E-state index in [-0.39, 0.29) is 5.41 Å². The van der Waals surface area contributed by atoms with Gasteiger partial charge in [0.25, 0.3) is 5.88 Å². The Morgan fingerprint density at radius 2 is 1.89 bits per heavy atom. The molecule has 18 heavy (non-hydrogen) atoms. The van der Waals surface area contributed by atoms with Crippen molar-refractivity contribution in [2.75, 3.05) is 0 Å². The summed E-state index contributed by atoms with van der Waals surface area (Å²) in [4.78, 5) is 0. The van der Waals surface area contributed by atoms with Crippen molar-refractivity contribution in [2.45, 2.75) is 32.7 Å². The molecule has 0 spiro atoms. The number of nitrogens with zero attached hydrogens (tertiary/aromatic N) is 1. The second-order valence-corrected chi connectivity index (χ2v) is 6.49. The highest BCUT2D eigenvalue weighted by Crippen LogP contribution is 2.27. The Hall–Kier alpha value is -1.25. The van der Waals surface area contributed by atoms with Gasteiger partial charge in [0, 0.05) is 11.8 Å². The van der Waals surface area contributed by atoms with Crippen LogP contribution in [0.15, 0.2) is 6.07 Å². The summed E-state index contributed by atoms with van der Waals surface area (Å²) in [5.41, 5.74) is -5.09. The van der Waals surface area contributed by atoms with Gasteiger partial charge in [0.05, 0.1) is 0 Å². The standard InChI is InChI=1S/C9H13F3N2O3S/c1-8(2,3)5-6-4-7(14-13-6)17-18(15,16)9(10,11)12/h4H,5H2,1-3H3,(H,13,14). The van der Waals surface area contributed by atoms with E-state index in [0.29, 0.717) is 12.1 Å². The fraction of sp³-hybridized carbons (Fsp3) is 0.667. The van der Waals surface area contributed by atoms with Crippen LogP contribution in [0.4, 0.5) is 13.2 Å². The lowest BCUT2D eigenvalue weighted by molar-refractivity contribution is -0.0501. The van der Waals surface area contributed by atoms with E-state index in [1.165, 1.54) is 0 Å². The van der Waals surface area contributed by atoms with Gasteiger partial charge in [-0.25, -0.2) is 0 Å². The topological polar surface area (TPSA) is 72.1 Å². The van der Waals surface area contributed by atoms with Crippen LogP contribution in [0.25, 0.3) is 0 Å². The molecule has 1 N–H and O–H groups in total. The van der Waals surface area contributed by atoms with E-state index in [0.717, 1.165) is 6.07 Å². The van der Waals surface area contributed by atoms with E-state index in [4.69, 9.17) is 0 Å². The molecule has 104 valence electrons. The Kier molecular flexibility index (Phi) is 3.66. The molecule has 5 nitrogen and oxygen atoms in total. The summed E-state index contributed by atoms with van der Waals surface area (Å²) in [6.07, 6.45) is 0.495. The predicted molar refractivity (Wildman–Crippen MR) is 57.3 cm³/mol. The molecule has 1 rings (SSSR count). The predicted octanol–water partition coefficient (Wildman–Crippen LogP) is 2.23. The number of hydrogen-bond donors (Lipinski definition) is 1. The minimum absolute atomic E-state index is 0.118. The van der Waals surface area contributed by atoms with Gasteiger partial charge in [0.2, 0.25) is 0 Å². The third-order valence-corrected chi connectivity index (χ3v) is 2.76. The zero-order valence-corrected chi connectivity index (χ0v) is 10.8. The first-order valence-electron chi connectivity index (χ1n) is 4.96. The molecule has 0 aromatic carbocycles. The van der Waals surface area contributed by atoms with Crippen molar-refractivity contribution in [1.29, 1.82) is 0 Å². The van der Waals surface area contributed by atoms with E-state index in [1.54, 1.807) is 0 Å². The van der Waals surface area contributed by atoms with Crippen molar-refractivity contribution in [1.82, 2.24) is 10.2 Å². The van der Waals surface area contributed by atoms with Gasteiger partial charge in [0.15, 0.2) is 0 Å². The number of hydrogen-bond acceptors (Lipinski definition) is 4. The van der Waals surface area contributed by atoms with E-state index < -0.39 is 21.5 Å². The zero-order chi connectivity index (χ0) is 14.2. The van der Waals surface area contributed by atoms with Gasteiger partial charge in [-0.3, -0.25) is 5.10 Å². The molecule has 1 aromatic heterocycles. The number of nitrogens with one attached hydrogen (secondary N) is 1. The van der Waals surface area contributed by atoms with Gasteiger partial charge in [-0.15, -0.1) is 5.10 Å². The molecule has 1 heterocycles. The lowest BCUT2D eigenvalue weighted by Gasteiger charge is -2.15. The van der Waals surface area contributed by atoms with Crippen molar-refractivity contribution in [3.63, 3.8) is 0 Å². The maximum Gasteiger partial charge on any atom is 0.534 e. The van der Waals surface area contributed by atoms with E-state index >= 15 is 0 Å². The summed E-state index contributed by atoms with van der Waals surface area (Å²) < 4.78 is 61.4. The average molecular weight is 286 g/mol. The lowest BCUT2D eigenvalue weighted by atomic mass is 9.91. The second-order valence-electron chi connectivity index (χ2n) is 4.95. The molecule has 0 radical (unpaired) electrons. The Morgan fingerprint density at radius 3 is 2.33 bits per heavy atom. The summed E-state index contributed by atoms with van der Waals surface area (Å²) in [6.45, 7) is 5.75. The van der Waals surface area contributed by atoms with Crippen LogP contribution in [0.3, 0.4) is 0 Å². The number of aromatic amines is 1. The monoisotopic (exact) mass is 286 g/mol. The second kappa shape index (κ2) is 4.45. The number of rotatable bonds is 3. The minimum atomic E-state index is -5.66. The molecule has 9 heteroatoms. The van der Waals surface area contributed by atoms with Crippen LogP contribution in [0.5, 0.6) is 5.88 Å². The van der Waals surface area contributed by atoms with Crippen LogP contribution in [0, 0.1) is 5.41 Å². The van der Waals surface area contributed by atoms with Gasteiger partial charge in [-0.1, -0.05) is 20.8 Å². The van der Waals surface area contributed by atoms with Crippen molar-refractivity contribution in [3.05, 3.63) is 11.8 Å². The summed E-state index contributed by atoms with van der Waals surface area (Å²) in [5.74, 6) is -0.619. The first-order valence-corrected chi connectivity index (χ1v) is 6.37. The van der Waals surface area contributed by atoms with E-state index in [2.05, 4.69) is 14.4 Å². The molecule has 1 aromatic rings. The Balaban J connectivity index is 2.83. The van der Waals surface area contributed by atoms with Crippen LogP contribution in [-0.4, -0.2) is 24.1 Å². The smallest absolute Gasteiger partial charge is 0.354 e. The number of alkyl halides is 3. The van der Waals surface area contributed by atoms with Gasteiger partial charge < -0.3 is 4.18 Å². The lowest BCUT2D eigenvalue weighted by Crippen LogP contribution is -2.28. The maximum absolute atomic E-state index is 12.0. The molecule has 0 aliphatic heterocycles.